The first-order valence-corrected chi connectivity index (χ1v) is 23.1. The molecular weight excluding hydrogens is 565 g/mol. The van der Waals surface area contributed by atoms with Crippen LogP contribution >= 0.6 is 0 Å². The van der Waals surface area contributed by atoms with Gasteiger partial charge in [-0.3, -0.25) is 0 Å². The van der Waals surface area contributed by atoms with Crippen LogP contribution in [0, 0.1) is 12.8 Å². The highest BCUT2D eigenvalue weighted by Gasteiger charge is 2.03. The molecule has 0 aromatic rings. The molecular formula is C47H95. The fourth-order valence-corrected chi connectivity index (χ4v) is 7.70. The van der Waals surface area contributed by atoms with Crippen LogP contribution in [-0.2, 0) is 0 Å². The first kappa shape index (κ1) is 47.0. The fourth-order valence-electron chi connectivity index (χ4n) is 7.70. The molecule has 283 valence electrons. The van der Waals surface area contributed by atoms with Crippen molar-refractivity contribution in [1.82, 2.24) is 0 Å². The topological polar surface area (TPSA) is 0 Å². The minimum absolute atomic E-state index is 0.714. The smallest absolute Gasteiger partial charge is 0.0414 e. The molecule has 0 saturated carbocycles. The number of unbranched alkanes of at least 4 members (excludes halogenated alkanes) is 39. The molecule has 0 fully saturated rings. The van der Waals surface area contributed by atoms with E-state index in [1.807, 2.05) is 0 Å². The van der Waals surface area contributed by atoms with Gasteiger partial charge in [0.25, 0.3) is 0 Å². The van der Waals surface area contributed by atoms with Gasteiger partial charge in [0.05, 0.1) is 0 Å². The molecule has 0 aliphatic heterocycles. The standard InChI is InChI=1S/C47H95/c1-4-6-8-10-12-14-16-18-20-22-24-26-28-30-32-34-36-38-40-42-44-46-47(3)45-43-41-39-37-35-33-31-29-27-25-23-21-19-17-15-13-11-9-7-5-2/h47H,3-46H2,1-2H3. The molecule has 0 amide bonds. The third kappa shape index (κ3) is 44.0. The van der Waals surface area contributed by atoms with Crippen molar-refractivity contribution in [2.75, 3.05) is 0 Å². The van der Waals surface area contributed by atoms with E-state index in [1.165, 1.54) is 276 Å². The molecule has 0 heterocycles. The van der Waals surface area contributed by atoms with E-state index >= 15 is 0 Å². The van der Waals surface area contributed by atoms with Gasteiger partial charge < -0.3 is 0 Å². The van der Waals surface area contributed by atoms with Crippen molar-refractivity contribution in [1.29, 1.82) is 0 Å². The van der Waals surface area contributed by atoms with Gasteiger partial charge in [0.15, 0.2) is 0 Å². The molecule has 1 radical (unpaired) electrons. The lowest BCUT2D eigenvalue weighted by atomic mass is 9.95. The minimum atomic E-state index is 0.714. The predicted octanol–water partition coefficient (Wildman–Crippen LogP) is 18.3. The summed E-state index contributed by atoms with van der Waals surface area (Å²) in [5, 5.41) is 0. The number of hydrogen-bond donors (Lipinski definition) is 0. The molecule has 0 bridgehead atoms. The van der Waals surface area contributed by atoms with Crippen LogP contribution in [-0.4, -0.2) is 0 Å². The van der Waals surface area contributed by atoms with Crippen molar-refractivity contribution in [2.45, 2.75) is 290 Å². The van der Waals surface area contributed by atoms with E-state index in [9.17, 15) is 0 Å². The van der Waals surface area contributed by atoms with Crippen LogP contribution in [0.2, 0.25) is 0 Å². The van der Waals surface area contributed by atoms with Crippen LogP contribution in [0.1, 0.15) is 290 Å². The van der Waals surface area contributed by atoms with Gasteiger partial charge in [0.1, 0.15) is 0 Å². The van der Waals surface area contributed by atoms with E-state index in [-0.39, 0.29) is 0 Å². The summed E-state index contributed by atoms with van der Waals surface area (Å²) in [6.45, 7) is 9.10. The van der Waals surface area contributed by atoms with Crippen molar-refractivity contribution >= 4 is 0 Å². The summed E-state index contributed by atoms with van der Waals surface area (Å²) in [6.07, 6.45) is 63.0. The molecule has 1 unspecified atom stereocenters. The van der Waals surface area contributed by atoms with Crippen LogP contribution in [0.15, 0.2) is 0 Å². The van der Waals surface area contributed by atoms with Gasteiger partial charge in [0, 0.05) is 0 Å². The van der Waals surface area contributed by atoms with Gasteiger partial charge in [-0.05, 0) is 5.92 Å². The first-order chi connectivity index (χ1) is 23.3. The van der Waals surface area contributed by atoms with Crippen LogP contribution < -0.4 is 0 Å². The predicted molar refractivity (Wildman–Crippen MR) is 219 cm³/mol. The lowest BCUT2D eigenvalue weighted by Gasteiger charge is -2.11. The second-order valence-electron chi connectivity index (χ2n) is 16.2. The Kier molecular flexibility index (Phi) is 44.0. The largest absolute Gasteiger partial charge is 0.0654 e. The monoisotopic (exact) mass is 660 g/mol. The fraction of sp³-hybridized carbons (Fsp3) is 0.979. The first-order valence-electron chi connectivity index (χ1n) is 23.1. The molecule has 0 saturated heterocycles. The highest BCUT2D eigenvalue weighted by molar-refractivity contribution is 4.62. The normalized spacial score (nSPS) is 12.3. The number of rotatable bonds is 43. The van der Waals surface area contributed by atoms with Gasteiger partial charge in [-0.1, -0.05) is 297 Å². The average Bonchev–Trinajstić information content (AvgIpc) is 3.08. The summed E-state index contributed by atoms with van der Waals surface area (Å²) in [4.78, 5) is 0. The zero-order valence-electron chi connectivity index (χ0n) is 33.7. The molecule has 0 spiro atoms. The van der Waals surface area contributed by atoms with E-state index in [2.05, 4.69) is 20.8 Å². The lowest BCUT2D eigenvalue weighted by Crippen LogP contribution is -1.95. The third-order valence-electron chi connectivity index (χ3n) is 11.2. The highest BCUT2D eigenvalue weighted by Crippen LogP contribution is 2.20. The van der Waals surface area contributed by atoms with Gasteiger partial charge in [0.2, 0.25) is 0 Å². The maximum Gasteiger partial charge on any atom is -0.0414 e. The molecule has 0 rings (SSSR count). The van der Waals surface area contributed by atoms with Crippen LogP contribution in [0.5, 0.6) is 0 Å². The van der Waals surface area contributed by atoms with E-state index in [1.54, 1.807) is 0 Å². The summed E-state index contributed by atoms with van der Waals surface area (Å²) < 4.78 is 0. The Hall–Kier alpha value is 0. The highest BCUT2D eigenvalue weighted by atomic mass is 14.1. The summed E-state index contributed by atoms with van der Waals surface area (Å²) in [7, 11) is 0. The Labute approximate surface area is 302 Å². The van der Waals surface area contributed by atoms with Crippen molar-refractivity contribution in [2.24, 2.45) is 5.92 Å². The second kappa shape index (κ2) is 44.0. The zero-order valence-corrected chi connectivity index (χ0v) is 33.7. The molecule has 47 heavy (non-hydrogen) atoms. The Morgan fingerprint density at radius 1 is 0.213 bits per heavy atom. The molecule has 0 N–H and O–H groups in total. The van der Waals surface area contributed by atoms with Gasteiger partial charge in [-0.2, -0.15) is 0 Å². The van der Waals surface area contributed by atoms with Crippen LogP contribution in [0.3, 0.4) is 0 Å². The Morgan fingerprint density at radius 3 is 0.489 bits per heavy atom. The van der Waals surface area contributed by atoms with Gasteiger partial charge in [-0.15, -0.1) is 0 Å². The Balaban J connectivity index is 3.13. The average molecular weight is 660 g/mol. The maximum atomic E-state index is 4.48. The molecule has 1 atom stereocenters. The van der Waals surface area contributed by atoms with E-state index in [4.69, 9.17) is 0 Å². The van der Waals surface area contributed by atoms with Crippen molar-refractivity contribution in [3.8, 4) is 0 Å². The van der Waals surface area contributed by atoms with Crippen molar-refractivity contribution in [3.05, 3.63) is 6.92 Å². The molecule has 0 aromatic carbocycles. The molecule has 0 aliphatic carbocycles. The summed E-state index contributed by atoms with van der Waals surface area (Å²) >= 11 is 0. The van der Waals surface area contributed by atoms with E-state index in [0.29, 0.717) is 5.92 Å². The Morgan fingerprint density at radius 2 is 0.340 bits per heavy atom. The van der Waals surface area contributed by atoms with E-state index < -0.39 is 0 Å². The molecule has 0 nitrogen and oxygen atoms in total. The second-order valence-corrected chi connectivity index (χ2v) is 16.2. The van der Waals surface area contributed by atoms with E-state index in [0.717, 1.165) is 0 Å². The minimum Gasteiger partial charge on any atom is -0.0654 e. The molecule has 0 heteroatoms. The molecule has 0 aliphatic rings. The summed E-state index contributed by atoms with van der Waals surface area (Å²) in [6, 6.07) is 0. The third-order valence-corrected chi connectivity index (χ3v) is 11.2. The molecule has 0 aromatic heterocycles. The number of hydrogen-bond acceptors (Lipinski definition) is 0. The van der Waals surface area contributed by atoms with Crippen molar-refractivity contribution in [3.63, 3.8) is 0 Å². The van der Waals surface area contributed by atoms with Crippen molar-refractivity contribution < 1.29 is 0 Å². The van der Waals surface area contributed by atoms with Crippen LogP contribution in [0.4, 0.5) is 0 Å². The maximum absolute atomic E-state index is 4.48. The Bertz CT molecular complexity index is 508. The summed E-state index contributed by atoms with van der Waals surface area (Å²) in [5.41, 5.74) is 0. The van der Waals surface area contributed by atoms with Crippen LogP contribution in [0.25, 0.3) is 0 Å². The summed E-state index contributed by atoms with van der Waals surface area (Å²) in [5.74, 6) is 0.714. The lowest BCUT2D eigenvalue weighted by molar-refractivity contribution is 0.459. The SMILES string of the molecule is [CH2]C(CCCCCCCCCCCCCCCCCCCCCC)CCCCCCCCCCCCCCCCCCCCCCC. The quantitative estimate of drug-likeness (QED) is 0.0571. The van der Waals surface area contributed by atoms with Gasteiger partial charge >= 0.3 is 0 Å². The zero-order chi connectivity index (χ0) is 34.0. The van der Waals surface area contributed by atoms with Gasteiger partial charge in [-0.25, -0.2) is 0 Å².